The summed E-state index contributed by atoms with van der Waals surface area (Å²) in [4.78, 5) is 10.3. The van der Waals surface area contributed by atoms with Gasteiger partial charge in [0.1, 0.15) is 5.92 Å². The van der Waals surface area contributed by atoms with E-state index in [1.165, 1.54) is 0 Å². The van der Waals surface area contributed by atoms with E-state index in [0.29, 0.717) is 6.42 Å². The van der Waals surface area contributed by atoms with Crippen LogP contribution in [-0.2, 0) is 4.79 Å². The highest BCUT2D eigenvalue weighted by molar-refractivity contribution is 5.72. The van der Waals surface area contributed by atoms with Gasteiger partial charge in [0.2, 0.25) is 0 Å². The largest absolute Gasteiger partial charge is 0.480 e. The van der Waals surface area contributed by atoms with Crippen LogP contribution in [0.25, 0.3) is 0 Å². The van der Waals surface area contributed by atoms with Crippen molar-refractivity contribution in [2.75, 3.05) is 0 Å². The molecule has 1 unspecified atom stereocenters. The zero-order valence-electron chi connectivity index (χ0n) is 6.76. The van der Waals surface area contributed by atoms with E-state index in [4.69, 9.17) is 11.5 Å². The van der Waals surface area contributed by atoms with Crippen molar-refractivity contribution in [2.45, 2.75) is 32.6 Å². The number of carboxylic acids is 1. The van der Waals surface area contributed by atoms with Crippen LogP contribution in [0.3, 0.4) is 0 Å². The third-order valence-electron chi connectivity index (χ3n) is 1.57. The van der Waals surface area contributed by atoms with Gasteiger partial charge in [-0.3, -0.25) is 4.79 Å². The Morgan fingerprint density at radius 3 is 2.64 bits per heavy atom. The second kappa shape index (κ2) is 5.79. The summed E-state index contributed by atoms with van der Waals surface area (Å²) in [5.41, 5.74) is 0. The molecule has 0 aromatic heterocycles. The maximum atomic E-state index is 10.3. The zero-order valence-corrected chi connectivity index (χ0v) is 6.76. The summed E-state index contributed by atoms with van der Waals surface area (Å²) < 4.78 is 0. The minimum Gasteiger partial charge on any atom is -0.480 e. The van der Waals surface area contributed by atoms with Gasteiger partial charge in [0.25, 0.3) is 0 Å². The van der Waals surface area contributed by atoms with Crippen molar-refractivity contribution in [1.29, 1.82) is 0 Å². The van der Waals surface area contributed by atoms with Gasteiger partial charge >= 0.3 is 5.97 Å². The standard InChI is InChI=1S/C9H13O2/c1-3-5-6-7-8(4-2)9(10)11/h8H,3,5-7H2,1H3,(H,10,11). The predicted octanol–water partition coefficient (Wildman–Crippen LogP) is 1.86. The minimum absolute atomic E-state index is 0.548. The second-order valence-electron chi connectivity index (χ2n) is 2.53. The van der Waals surface area contributed by atoms with Crippen LogP contribution in [0.4, 0.5) is 0 Å². The third-order valence-corrected chi connectivity index (χ3v) is 1.57. The molecule has 0 fully saturated rings. The molecule has 11 heavy (non-hydrogen) atoms. The highest BCUT2D eigenvalue weighted by Crippen LogP contribution is 2.08. The van der Waals surface area contributed by atoms with Crippen LogP contribution in [0.5, 0.6) is 0 Å². The van der Waals surface area contributed by atoms with E-state index < -0.39 is 11.9 Å². The Morgan fingerprint density at radius 1 is 1.64 bits per heavy atom. The summed E-state index contributed by atoms with van der Waals surface area (Å²) >= 11 is 0. The molecule has 0 amide bonds. The Morgan fingerprint density at radius 2 is 2.27 bits per heavy atom. The van der Waals surface area contributed by atoms with Crippen molar-refractivity contribution in [3.63, 3.8) is 0 Å². The summed E-state index contributed by atoms with van der Waals surface area (Å²) in [5.74, 6) is 0.384. The average molecular weight is 153 g/mol. The van der Waals surface area contributed by atoms with E-state index in [-0.39, 0.29) is 0 Å². The van der Waals surface area contributed by atoms with Crippen molar-refractivity contribution in [3.05, 3.63) is 6.42 Å². The molecule has 0 aliphatic heterocycles. The minimum atomic E-state index is -0.934. The van der Waals surface area contributed by atoms with Gasteiger partial charge in [0.15, 0.2) is 0 Å². The highest BCUT2D eigenvalue weighted by Gasteiger charge is 2.12. The van der Waals surface area contributed by atoms with Crippen LogP contribution < -0.4 is 0 Å². The van der Waals surface area contributed by atoms with Crippen LogP contribution >= 0.6 is 0 Å². The van der Waals surface area contributed by atoms with Crippen LogP contribution in [0.15, 0.2) is 0 Å². The summed E-state index contributed by atoms with van der Waals surface area (Å²) in [6.45, 7) is 2.06. The van der Waals surface area contributed by atoms with E-state index >= 15 is 0 Å². The topological polar surface area (TPSA) is 37.3 Å². The molecule has 0 bridgehead atoms. The molecule has 1 N–H and O–H groups in total. The lowest BCUT2D eigenvalue weighted by atomic mass is 10.0. The molecule has 0 aromatic rings. The molecule has 0 saturated heterocycles. The fraction of sp³-hybridized carbons (Fsp3) is 0.667. The van der Waals surface area contributed by atoms with Crippen molar-refractivity contribution in [2.24, 2.45) is 5.92 Å². The summed E-state index contributed by atoms with van der Waals surface area (Å²) in [6.07, 6.45) is 10.2. The lowest BCUT2D eigenvalue weighted by Crippen LogP contribution is -2.10. The molecule has 2 nitrogen and oxygen atoms in total. The van der Waals surface area contributed by atoms with Gasteiger partial charge in [-0.25, -0.2) is 0 Å². The molecule has 0 aliphatic rings. The molecule has 0 spiro atoms. The van der Waals surface area contributed by atoms with E-state index in [9.17, 15) is 4.79 Å². The smallest absolute Gasteiger partial charge is 0.318 e. The van der Waals surface area contributed by atoms with Gasteiger partial charge in [0.05, 0.1) is 0 Å². The molecule has 1 radical (unpaired) electrons. The highest BCUT2D eigenvalue weighted by atomic mass is 16.4. The number of hydrogen-bond donors (Lipinski definition) is 1. The fourth-order valence-electron chi connectivity index (χ4n) is 0.856. The van der Waals surface area contributed by atoms with Crippen LogP contribution in [-0.4, -0.2) is 11.1 Å². The molecule has 0 heterocycles. The van der Waals surface area contributed by atoms with E-state index in [1.54, 1.807) is 0 Å². The van der Waals surface area contributed by atoms with Gasteiger partial charge in [-0.15, -0.1) is 0 Å². The average Bonchev–Trinajstić information content (AvgIpc) is 1.97. The van der Waals surface area contributed by atoms with E-state index in [0.717, 1.165) is 19.3 Å². The van der Waals surface area contributed by atoms with Gasteiger partial charge < -0.3 is 5.11 Å². The lowest BCUT2D eigenvalue weighted by Gasteiger charge is -2.02. The second-order valence-corrected chi connectivity index (χ2v) is 2.53. The first-order valence-corrected chi connectivity index (χ1v) is 3.87. The van der Waals surface area contributed by atoms with Gasteiger partial charge in [-0.05, 0) is 12.8 Å². The number of unbranched alkanes of at least 4 members (excludes halogenated alkanes) is 2. The Bertz CT molecular complexity index is 155. The molecule has 0 rings (SSSR count). The number of aliphatic carboxylic acids is 1. The monoisotopic (exact) mass is 153 g/mol. The van der Waals surface area contributed by atoms with Gasteiger partial charge in [-0.1, -0.05) is 32.1 Å². The van der Waals surface area contributed by atoms with Crippen LogP contribution in [0, 0.1) is 18.3 Å². The summed E-state index contributed by atoms with van der Waals surface area (Å²) in [6, 6.07) is 0. The number of carboxylic acid groups (broad SMARTS) is 1. The molecule has 0 saturated carbocycles. The zero-order chi connectivity index (χ0) is 8.69. The Balaban J connectivity index is 3.55. The lowest BCUT2D eigenvalue weighted by molar-refractivity contribution is -0.139. The first kappa shape index (κ1) is 10.0. The maximum absolute atomic E-state index is 10.3. The quantitative estimate of drug-likeness (QED) is 0.483. The molecular weight excluding hydrogens is 140 g/mol. The molecule has 1 atom stereocenters. The number of carbonyl (C=O) groups is 1. The Hall–Kier alpha value is -0.970. The summed E-state index contributed by atoms with van der Waals surface area (Å²) in [5, 5.41) is 8.49. The molecule has 2 heteroatoms. The SMILES string of the molecule is [C]#CC(CCCCC)C(=O)O. The Labute approximate surface area is 67.6 Å². The third kappa shape index (κ3) is 4.44. The first-order chi connectivity index (χ1) is 5.22. The molecule has 0 aromatic carbocycles. The van der Waals surface area contributed by atoms with Crippen molar-refractivity contribution in [3.8, 4) is 5.92 Å². The van der Waals surface area contributed by atoms with Crippen LogP contribution in [0.1, 0.15) is 32.6 Å². The Kier molecular flexibility index (Phi) is 5.28. The summed E-state index contributed by atoms with van der Waals surface area (Å²) in [7, 11) is 0. The first-order valence-electron chi connectivity index (χ1n) is 3.87. The fourth-order valence-corrected chi connectivity index (χ4v) is 0.856. The van der Waals surface area contributed by atoms with Crippen molar-refractivity contribution in [1.82, 2.24) is 0 Å². The van der Waals surface area contributed by atoms with Crippen LogP contribution in [0.2, 0.25) is 0 Å². The van der Waals surface area contributed by atoms with E-state index in [1.807, 2.05) is 5.92 Å². The number of rotatable bonds is 5. The maximum Gasteiger partial charge on any atom is 0.318 e. The van der Waals surface area contributed by atoms with Gasteiger partial charge in [-0.2, -0.15) is 0 Å². The van der Waals surface area contributed by atoms with Crippen molar-refractivity contribution < 1.29 is 9.90 Å². The molecule has 0 aliphatic carbocycles. The molecule has 61 valence electrons. The molecular formula is C9H13O2. The van der Waals surface area contributed by atoms with Crippen molar-refractivity contribution >= 4 is 5.97 Å². The number of hydrogen-bond acceptors (Lipinski definition) is 1. The normalized spacial score (nSPS) is 12.0. The van der Waals surface area contributed by atoms with Gasteiger partial charge in [0, 0.05) is 0 Å². The van der Waals surface area contributed by atoms with E-state index in [2.05, 4.69) is 6.92 Å². The predicted molar refractivity (Wildman–Crippen MR) is 42.4 cm³/mol.